The van der Waals surface area contributed by atoms with E-state index in [0.717, 1.165) is 0 Å². The van der Waals surface area contributed by atoms with Gasteiger partial charge < -0.3 is 0 Å². The molecule has 20 heavy (non-hydrogen) atoms. The van der Waals surface area contributed by atoms with Crippen LogP contribution >= 0.6 is 0 Å². The van der Waals surface area contributed by atoms with Crippen molar-refractivity contribution in [1.82, 2.24) is 0 Å². The maximum atomic E-state index is 4.34. The Balaban J connectivity index is 0.000000507. The third-order valence-electron chi connectivity index (χ3n) is 4.24. The van der Waals surface area contributed by atoms with Crippen molar-refractivity contribution in [2.24, 2.45) is 0 Å². The average molecular weight is 326 g/mol. The van der Waals surface area contributed by atoms with Crippen LogP contribution in [0.1, 0.15) is 20.8 Å². The van der Waals surface area contributed by atoms with Crippen LogP contribution in [0.25, 0.3) is 0 Å². The van der Waals surface area contributed by atoms with Gasteiger partial charge in [0.1, 0.15) is 0 Å². The Bertz CT molecular complexity index is 232. The monoisotopic (exact) mass is 326 g/mol. The fourth-order valence-electron chi connectivity index (χ4n) is 2.59. The zero-order chi connectivity index (χ0) is 14.1. The van der Waals surface area contributed by atoms with Crippen molar-refractivity contribution in [3.8, 4) is 0 Å². The zero-order valence-corrected chi connectivity index (χ0v) is 15.0. The molecule has 110 valence electrons. The van der Waals surface area contributed by atoms with E-state index in [1.165, 1.54) is 29.2 Å². The van der Waals surface area contributed by atoms with Gasteiger partial charge in [-0.2, -0.15) is 0 Å². The van der Waals surface area contributed by atoms with Gasteiger partial charge in [0.25, 0.3) is 0 Å². The molecule has 0 nitrogen and oxygen atoms in total. The Hall–Kier alpha value is 0.476. The van der Waals surface area contributed by atoms with Crippen LogP contribution < -0.4 is 0 Å². The molecule has 0 N–H and O–H groups in total. The van der Waals surface area contributed by atoms with E-state index in [9.17, 15) is 0 Å². The summed E-state index contributed by atoms with van der Waals surface area (Å²) < 4.78 is 0. The third kappa shape index (κ3) is 5.70. The van der Waals surface area contributed by atoms with Crippen molar-refractivity contribution in [2.75, 3.05) is 0 Å². The number of hydrogen-bond acceptors (Lipinski definition) is 0. The fourth-order valence-corrected chi connectivity index (χ4v) is 6.15. The summed E-state index contributed by atoms with van der Waals surface area (Å²) in [7, 11) is -1.22. The molecular formula is C18H26FeSi. The topological polar surface area (TPSA) is 0 Å². The van der Waals surface area contributed by atoms with E-state index in [1.54, 1.807) is 0 Å². The zero-order valence-electron chi connectivity index (χ0n) is 12.9. The number of hydrogen-bond donors (Lipinski definition) is 0. The molecule has 2 fully saturated rings. The van der Waals surface area contributed by atoms with Crippen molar-refractivity contribution >= 4 is 8.07 Å². The van der Waals surface area contributed by atoms with Crippen LogP contribution in [-0.2, 0) is 17.1 Å². The van der Waals surface area contributed by atoms with Gasteiger partial charge in [0.2, 0.25) is 0 Å². The first-order valence-electron chi connectivity index (χ1n) is 7.28. The van der Waals surface area contributed by atoms with E-state index in [2.05, 4.69) is 53.0 Å². The molecule has 2 heteroatoms. The van der Waals surface area contributed by atoms with Gasteiger partial charge in [-0.25, -0.2) is 0 Å². The summed E-state index contributed by atoms with van der Waals surface area (Å²) in [5.74, 6) is 1.38. The fraction of sp³-hybridized carbons (Fsp3) is 0.333. The quantitative estimate of drug-likeness (QED) is 0.623. The molecule has 0 aromatic heterocycles. The molecule has 2 rings (SSSR count). The first-order valence-corrected chi connectivity index (χ1v) is 9.90. The van der Waals surface area contributed by atoms with E-state index in [-0.39, 0.29) is 17.1 Å². The largest absolute Gasteiger partial charge is 0.103 e. The van der Waals surface area contributed by atoms with Gasteiger partial charge in [-0.05, 0) is 57.8 Å². The number of allylic oxidation sites excluding steroid dienone is 1. The molecule has 0 heterocycles. The molecule has 2 aliphatic rings. The van der Waals surface area contributed by atoms with Crippen LogP contribution in [0.3, 0.4) is 0 Å². The normalized spacial score (nSPS) is 19.1. The van der Waals surface area contributed by atoms with Crippen molar-refractivity contribution < 1.29 is 17.1 Å². The molecule has 2 aliphatic carbocycles. The Labute approximate surface area is 139 Å². The van der Waals surface area contributed by atoms with Gasteiger partial charge in [0.15, 0.2) is 0 Å². The average Bonchev–Trinajstić information content (AvgIpc) is 3.17. The van der Waals surface area contributed by atoms with Crippen LogP contribution in [0.4, 0.5) is 0 Å². The van der Waals surface area contributed by atoms with Gasteiger partial charge in [-0.1, -0.05) is 44.1 Å². The molecule has 0 unspecified atom stereocenters. The molecule has 10 radical (unpaired) electrons. The van der Waals surface area contributed by atoms with E-state index in [1.807, 2.05) is 32.1 Å². The predicted octanol–water partition coefficient (Wildman–Crippen LogP) is 5.01. The first kappa shape index (κ1) is 20.5. The van der Waals surface area contributed by atoms with Crippen LogP contribution in [0.15, 0.2) is 11.8 Å². The minimum Gasteiger partial charge on any atom is -0.103 e. The molecule has 0 amide bonds. The van der Waals surface area contributed by atoms with Crippen molar-refractivity contribution in [3.63, 3.8) is 0 Å². The summed E-state index contributed by atoms with van der Waals surface area (Å²) in [6, 6.07) is 3.97. The minimum absolute atomic E-state index is 0. The van der Waals surface area contributed by atoms with Crippen LogP contribution in [-0.4, -0.2) is 8.07 Å². The second kappa shape index (κ2) is 11.1. The maximum Gasteiger partial charge on any atom is 0.0807 e. The van der Waals surface area contributed by atoms with Gasteiger partial charge in [-0.15, -0.1) is 6.58 Å². The molecule has 0 aliphatic heterocycles. The summed E-state index contributed by atoms with van der Waals surface area (Å²) in [6.45, 7) is 11.3. The Morgan fingerprint density at radius 3 is 1.45 bits per heavy atom. The molecular weight excluding hydrogens is 300 g/mol. The van der Waals surface area contributed by atoms with Gasteiger partial charge in [0.05, 0.1) is 8.07 Å². The van der Waals surface area contributed by atoms with Crippen LogP contribution in [0.5, 0.6) is 0 Å². The van der Waals surface area contributed by atoms with Gasteiger partial charge in [0, 0.05) is 23.0 Å². The van der Waals surface area contributed by atoms with Gasteiger partial charge >= 0.3 is 0 Å². The summed E-state index contributed by atoms with van der Waals surface area (Å²) in [5.41, 5.74) is 0. The summed E-state index contributed by atoms with van der Waals surface area (Å²) in [5, 5.41) is 1.45. The molecule has 0 bridgehead atoms. The molecule has 2 saturated carbocycles. The Morgan fingerprint density at radius 2 is 1.15 bits per heavy atom. The van der Waals surface area contributed by atoms with E-state index in [4.69, 9.17) is 0 Å². The van der Waals surface area contributed by atoms with E-state index < -0.39 is 8.07 Å². The minimum atomic E-state index is -1.22. The summed E-state index contributed by atoms with van der Waals surface area (Å²) in [6.07, 6.45) is 18.6. The second-order valence-electron chi connectivity index (χ2n) is 4.96. The smallest absolute Gasteiger partial charge is 0.0807 e. The van der Waals surface area contributed by atoms with E-state index >= 15 is 0 Å². The Morgan fingerprint density at radius 1 is 0.800 bits per heavy atom. The Kier molecular flexibility index (Phi) is 11.4. The molecule has 0 atom stereocenters. The SMILES string of the molecule is C=C([C]1[CH][CH][CH][CH]1)[Si](CC)(CC)CC.[CH]1[CH][CH][CH][CH]1.[Fe]. The third-order valence-corrected chi connectivity index (χ3v) is 9.87. The van der Waals surface area contributed by atoms with E-state index in [0.29, 0.717) is 0 Å². The van der Waals surface area contributed by atoms with Crippen LogP contribution in [0, 0.1) is 63.7 Å². The molecule has 0 aromatic carbocycles. The maximum absolute atomic E-state index is 4.34. The molecule has 0 spiro atoms. The molecule has 0 aromatic rings. The molecule has 0 saturated heterocycles. The number of rotatable bonds is 5. The standard InChI is InChI=1S/C13H21Si.C5H5.Fe/c1-5-14(6-2,7-3)12(4)13-10-8-9-11-13;1-2-4-5-3-1;/h8-11H,4-7H2,1-3H3;1-5H;. The van der Waals surface area contributed by atoms with Crippen molar-refractivity contribution in [3.05, 3.63) is 75.5 Å². The predicted molar refractivity (Wildman–Crippen MR) is 88.3 cm³/mol. The van der Waals surface area contributed by atoms with Gasteiger partial charge in [-0.3, -0.25) is 0 Å². The first-order chi connectivity index (χ1) is 9.20. The summed E-state index contributed by atoms with van der Waals surface area (Å²) >= 11 is 0. The van der Waals surface area contributed by atoms with Crippen LogP contribution in [0.2, 0.25) is 18.1 Å². The summed E-state index contributed by atoms with van der Waals surface area (Å²) in [4.78, 5) is 0. The van der Waals surface area contributed by atoms with Crippen molar-refractivity contribution in [1.29, 1.82) is 0 Å². The second-order valence-corrected chi connectivity index (χ2v) is 10.2. The van der Waals surface area contributed by atoms with Crippen molar-refractivity contribution in [2.45, 2.75) is 38.9 Å².